The van der Waals surface area contributed by atoms with Crippen molar-refractivity contribution in [2.75, 3.05) is 0 Å². The smallest absolute Gasteiger partial charge is 0.125 e. The van der Waals surface area contributed by atoms with E-state index in [2.05, 4.69) is 22.0 Å². The summed E-state index contributed by atoms with van der Waals surface area (Å²) in [7, 11) is 0. The number of hydrogen-bond donors (Lipinski definition) is 1. The maximum Gasteiger partial charge on any atom is 0.125 e. The molecule has 0 saturated heterocycles. The van der Waals surface area contributed by atoms with Crippen LogP contribution in [0.15, 0.2) is 22.0 Å². The van der Waals surface area contributed by atoms with E-state index in [9.17, 15) is 5.11 Å². The number of phenolic OH excluding ortho intramolecular Hbond substituents is 1. The fourth-order valence-corrected chi connectivity index (χ4v) is 3.03. The largest absolute Gasteiger partial charge is 0.507 e. The van der Waals surface area contributed by atoms with E-state index in [-0.39, 0.29) is 5.75 Å². The topological polar surface area (TPSA) is 44.0 Å². The monoisotopic (exact) mass is 267 g/mol. The van der Waals surface area contributed by atoms with Crippen molar-refractivity contribution in [3.63, 3.8) is 0 Å². The fraction of sp³-hybridized carbons (Fsp3) is 0.100. The Labute approximate surface area is 93.5 Å². The molecule has 0 amide bonds. The summed E-state index contributed by atoms with van der Waals surface area (Å²) in [5, 5.41) is 21.0. The van der Waals surface area contributed by atoms with E-state index in [1.54, 1.807) is 17.4 Å². The molecule has 0 unspecified atom stereocenters. The predicted octanol–water partition coefficient (Wildman–Crippen LogP) is 3.44. The maximum atomic E-state index is 9.63. The van der Waals surface area contributed by atoms with E-state index in [1.807, 2.05) is 11.4 Å². The highest BCUT2D eigenvalue weighted by molar-refractivity contribution is 9.10. The van der Waals surface area contributed by atoms with Crippen LogP contribution in [0, 0.1) is 11.3 Å². The van der Waals surface area contributed by atoms with Crippen LogP contribution in [0.25, 0.3) is 10.1 Å². The van der Waals surface area contributed by atoms with Gasteiger partial charge in [-0.2, -0.15) is 5.26 Å². The molecule has 2 nitrogen and oxygen atoms in total. The minimum absolute atomic E-state index is 0.259. The Morgan fingerprint density at radius 3 is 3.07 bits per heavy atom. The van der Waals surface area contributed by atoms with Gasteiger partial charge in [0.2, 0.25) is 0 Å². The van der Waals surface area contributed by atoms with Crippen LogP contribution in [0.2, 0.25) is 0 Å². The molecule has 70 valence electrons. The summed E-state index contributed by atoms with van der Waals surface area (Å²) in [4.78, 5) is 0. The zero-order chi connectivity index (χ0) is 10.1. The van der Waals surface area contributed by atoms with Gasteiger partial charge in [0, 0.05) is 14.6 Å². The van der Waals surface area contributed by atoms with Crippen molar-refractivity contribution < 1.29 is 5.11 Å². The fourth-order valence-electron chi connectivity index (χ4n) is 1.38. The molecule has 2 aromatic rings. The van der Waals surface area contributed by atoms with Gasteiger partial charge in [0.1, 0.15) is 5.75 Å². The number of benzene rings is 1. The lowest BCUT2D eigenvalue weighted by atomic mass is 10.1. The molecule has 0 fully saturated rings. The van der Waals surface area contributed by atoms with Crippen molar-refractivity contribution in [3.8, 4) is 11.8 Å². The van der Waals surface area contributed by atoms with Gasteiger partial charge in [-0.25, -0.2) is 0 Å². The summed E-state index contributed by atoms with van der Waals surface area (Å²) in [6, 6.07) is 5.63. The van der Waals surface area contributed by atoms with Crippen LogP contribution >= 0.6 is 27.3 Å². The van der Waals surface area contributed by atoms with Crippen molar-refractivity contribution >= 4 is 37.4 Å². The third kappa shape index (κ3) is 1.39. The Hall–Kier alpha value is -1.05. The van der Waals surface area contributed by atoms with Crippen LogP contribution in [0.3, 0.4) is 0 Å². The van der Waals surface area contributed by atoms with Gasteiger partial charge in [0.05, 0.1) is 12.5 Å². The molecule has 1 aromatic carbocycles. The Bertz CT molecular complexity index is 527. The molecule has 4 heteroatoms. The molecule has 1 N–H and O–H groups in total. The highest BCUT2D eigenvalue weighted by Gasteiger charge is 2.10. The van der Waals surface area contributed by atoms with E-state index < -0.39 is 0 Å². The van der Waals surface area contributed by atoms with Crippen molar-refractivity contribution in [1.29, 1.82) is 5.26 Å². The van der Waals surface area contributed by atoms with Crippen LogP contribution in [0.1, 0.15) is 5.56 Å². The summed E-state index contributed by atoms with van der Waals surface area (Å²) in [6.07, 6.45) is 0.359. The van der Waals surface area contributed by atoms with Gasteiger partial charge in [-0.05, 0) is 23.1 Å². The molecule has 1 aromatic heterocycles. The first-order chi connectivity index (χ1) is 6.74. The van der Waals surface area contributed by atoms with E-state index in [1.165, 1.54) is 0 Å². The second-order valence-electron chi connectivity index (χ2n) is 2.85. The third-order valence-corrected chi connectivity index (χ3v) is 3.70. The number of fused-ring (bicyclic) bond motifs is 1. The Balaban J connectivity index is 2.81. The molecule has 0 bridgehead atoms. The van der Waals surface area contributed by atoms with Crippen LogP contribution in [0.5, 0.6) is 5.75 Å². The minimum Gasteiger partial charge on any atom is -0.507 e. The molecule has 1 heterocycles. The zero-order valence-corrected chi connectivity index (χ0v) is 9.52. The first-order valence-corrected chi connectivity index (χ1v) is 5.66. The summed E-state index contributed by atoms with van der Waals surface area (Å²) in [5.41, 5.74) is 0.954. The van der Waals surface area contributed by atoms with E-state index in [4.69, 9.17) is 5.26 Å². The molecule has 0 saturated carbocycles. The molecule has 0 aliphatic heterocycles. The van der Waals surface area contributed by atoms with Gasteiger partial charge >= 0.3 is 0 Å². The van der Waals surface area contributed by atoms with Crippen LogP contribution < -0.4 is 0 Å². The normalized spacial score (nSPS) is 10.3. The number of nitrogens with zero attached hydrogens (tertiary/aromatic N) is 1. The molecule has 0 radical (unpaired) electrons. The van der Waals surface area contributed by atoms with Crippen LogP contribution in [-0.2, 0) is 6.42 Å². The number of phenols is 1. The number of thiophene rings is 1. The zero-order valence-electron chi connectivity index (χ0n) is 7.12. The van der Waals surface area contributed by atoms with Crippen LogP contribution in [-0.4, -0.2) is 5.11 Å². The lowest BCUT2D eigenvalue weighted by Gasteiger charge is -2.03. The second-order valence-corrected chi connectivity index (χ2v) is 4.62. The average molecular weight is 268 g/mol. The molecule has 0 spiro atoms. The molecular weight excluding hydrogens is 262 g/mol. The molecule has 0 aliphatic carbocycles. The predicted molar refractivity (Wildman–Crippen MR) is 60.5 cm³/mol. The molecular formula is C10H6BrNOS. The number of rotatable bonds is 1. The first-order valence-electron chi connectivity index (χ1n) is 3.98. The first kappa shape index (κ1) is 9.50. The van der Waals surface area contributed by atoms with Gasteiger partial charge in [0.25, 0.3) is 0 Å². The number of aromatic hydroxyl groups is 1. The minimum atomic E-state index is 0.259. The van der Waals surface area contributed by atoms with Gasteiger partial charge in [-0.3, -0.25) is 0 Å². The highest BCUT2D eigenvalue weighted by Crippen LogP contribution is 2.37. The Morgan fingerprint density at radius 1 is 1.57 bits per heavy atom. The third-order valence-electron chi connectivity index (χ3n) is 2.02. The number of hydrogen-bond acceptors (Lipinski definition) is 3. The van der Waals surface area contributed by atoms with Gasteiger partial charge in [0.15, 0.2) is 0 Å². The average Bonchev–Trinajstić information content (AvgIpc) is 2.60. The van der Waals surface area contributed by atoms with Gasteiger partial charge < -0.3 is 5.11 Å². The van der Waals surface area contributed by atoms with E-state index >= 15 is 0 Å². The Kier molecular flexibility index (Phi) is 2.44. The molecule has 14 heavy (non-hydrogen) atoms. The molecule has 2 rings (SSSR count). The molecule has 0 aliphatic rings. The van der Waals surface area contributed by atoms with Gasteiger partial charge in [-0.15, -0.1) is 11.3 Å². The van der Waals surface area contributed by atoms with E-state index in [0.29, 0.717) is 6.42 Å². The number of nitriles is 1. The quantitative estimate of drug-likeness (QED) is 0.861. The van der Waals surface area contributed by atoms with Crippen molar-refractivity contribution in [2.24, 2.45) is 0 Å². The second kappa shape index (κ2) is 3.60. The Morgan fingerprint density at radius 2 is 2.36 bits per heavy atom. The lowest BCUT2D eigenvalue weighted by molar-refractivity contribution is 0.481. The number of halogens is 1. The SMILES string of the molecule is N#CCc1c(Br)cc(O)c2ccsc12. The van der Waals surface area contributed by atoms with Gasteiger partial charge in [-0.1, -0.05) is 15.9 Å². The van der Waals surface area contributed by atoms with Crippen molar-refractivity contribution in [3.05, 3.63) is 27.5 Å². The van der Waals surface area contributed by atoms with Crippen molar-refractivity contribution in [2.45, 2.75) is 6.42 Å². The van der Waals surface area contributed by atoms with E-state index in [0.717, 1.165) is 20.1 Å². The highest BCUT2D eigenvalue weighted by atomic mass is 79.9. The van der Waals surface area contributed by atoms with Crippen molar-refractivity contribution in [1.82, 2.24) is 0 Å². The maximum absolute atomic E-state index is 9.63. The standard InChI is InChI=1S/C10H6BrNOS/c11-8-5-9(13)7-2-4-14-10(7)6(8)1-3-12/h2,4-5,13H,1H2. The molecule has 0 atom stereocenters. The van der Waals surface area contributed by atoms with Crippen LogP contribution in [0.4, 0.5) is 0 Å². The lowest BCUT2D eigenvalue weighted by Crippen LogP contribution is -1.84. The summed E-state index contributed by atoms with van der Waals surface area (Å²) in [6.45, 7) is 0. The summed E-state index contributed by atoms with van der Waals surface area (Å²) >= 11 is 4.89. The summed E-state index contributed by atoms with van der Waals surface area (Å²) in [5.74, 6) is 0.259. The summed E-state index contributed by atoms with van der Waals surface area (Å²) < 4.78 is 1.78.